The first-order valence-electron chi connectivity index (χ1n) is 8.17. The van der Waals surface area contributed by atoms with Crippen LogP contribution in [0.1, 0.15) is 37.5 Å². The van der Waals surface area contributed by atoms with Crippen molar-refractivity contribution in [2.45, 2.75) is 31.6 Å². The Morgan fingerprint density at radius 2 is 1.73 bits per heavy atom. The van der Waals surface area contributed by atoms with Gasteiger partial charge in [-0.2, -0.15) is 4.98 Å². The first-order chi connectivity index (χ1) is 10.9. The average Bonchev–Trinajstić information content (AvgIpc) is 3.27. The molecule has 0 radical (unpaired) electrons. The fourth-order valence-electron chi connectivity index (χ4n) is 3.33. The molecule has 0 N–H and O–H groups in total. The van der Waals surface area contributed by atoms with Gasteiger partial charge in [-0.25, -0.2) is 0 Å². The van der Waals surface area contributed by atoms with Gasteiger partial charge in [-0.1, -0.05) is 18.0 Å². The number of aromatic nitrogens is 2. The number of hydrogen-bond acceptors (Lipinski definition) is 5. The van der Waals surface area contributed by atoms with Crippen LogP contribution in [0.25, 0.3) is 11.4 Å². The molecule has 5 heteroatoms. The topological polar surface area (TPSA) is 51.4 Å². The number of morpholine rings is 1. The summed E-state index contributed by atoms with van der Waals surface area (Å²) in [4.78, 5) is 6.93. The predicted molar refractivity (Wildman–Crippen MR) is 84.0 cm³/mol. The molecule has 5 nitrogen and oxygen atoms in total. The lowest BCUT2D eigenvalue weighted by Crippen LogP contribution is -2.36. The quantitative estimate of drug-likeness (QED) is 0.871. The van der Waals surface area contributed by atoms with E-state index < -0.39 is 0 Å². The summed E-state index contributed by atoms with van der Waals surface area (Å²) in [6.45, 7) is 3.51. The van der Waals surface area contributed by atoms with Crippen molar-refractivity contribution >= 4 is 5.69 Å². The van der Waals surface area contributed by atoms with E-state index in [2.05, 4.69) is 39.3 Å². The highest BCUT2D eigenvalue weighted by molar-refractivity contribution is 5.60. The van der Waals surface area contributed by atoms with Gasteiger partial charge in [0.05, 0.1) is 13.2 Å². The molecule has 1 aliphatic carbocycles. The third kappa shape index (κ3) is 2.73. The van der Waals surface area contributed by atoms with Crippen molar-refractivity contribution in [1.29, 1.82) is 0 Å². The SMILES string of the molecule is c1cc(N2CCOCC2)ccc1-c1noc(C2CCCC2)n1. The van der Waals surface area contributed by atoms with Gasteiger partial charge in [0.2, 0.25) is 11.7 Å². The van der Waals surface area contributed by atoms with Gasteiger partial charge < -0.3 is 14.2 Å². The number of ether oxygens (including phenoxy) is 1. The van der Waals surface area contributed by atoms with Crippen LogP contribution in [0.3, 0.4) is 0 Å². The van der Waals surface area contributed by atoms with Crippen molar-refractivity contribution < 1.29 is 9.26 Å². The normalized spacial score (nSPS) is 19.7. The summed E-state index contributed by atoms with van der Waals surface area (Å²) < 4.78 is 10.9. The van der Waals surface area contributed by atoms with Gasteiger partial charge in [0, 0.05) is 30.3 Å². The van der Waals surface area contributed by atoms with Crippen LogP contribution >= 0.6 is 0 Å². The molecule has 1 saturated carbocycles. The van der Waals surface area contributed by atoms with E-state index >= 15 is 0 Å². The van der Waals surface area contributed by atoms with Crippen LogP contribution in [0, 0.1) is 0 Å². The second-order valence-electron chi connectivity index (χ2n) is 6.08. The van der Waals surface area contributed by atoms with E-state index in [-0.39, 0.29) is 0 Å². The number of benzene rings is 1. The van der Waals surface area contributed by atoms with E-state index in [0.717, 1.165) is 37.8 Å². The summed E-state index contributed by atoms with van der Waals surface area (Å²) in [6, 6.07) is 8.42. The highest BCUT2D eigenvalue weighted by atomic mass is 16.5. The van der Waals surface area contributed by atoms with Gasteiger partial charge >= 0.3 is 0 Å². The smallest absolute Gasteiger partial charge is 0.230 e. The van der Waals surface area contributed by atoms with Crippen LogP contribution in [0.15, 0.2) is 28.8 Å². The number of rotatable bonds is 3. The van der Waals surface area contributed by atoms with E-state index in [4.69, 9.17) is 9.26 Å². The molecule has 0 unspecified atom stereocenters. The highest BCUT2D eigenvalue weighted by Crippen LogP contribution is 2.34. The first kappa shape index (κ1) is 13.8. The Morgan fingerprint density at radius 1 is 1.00 bits per heavy atom. The molecule has 1 aromatic carbocycles. The minimum Gasteiger partial charge on any atom is -0.378 e. The number of anilines is 1. The van der Waals surface area contributed by atoms with Gasteiger partial charge in [-0.05, 0) is 37.1 Å². The van der Waals surface area contributed by atoms with Crippen molar-refractivity contribution in [3.8, 4) is 11.4 Å². The molecule has 1 aromatic heterocycles. The molecular formula is C17H21N3O2. The minimum atomic E-state index is 0.467. The minimum absolute atomic E-state index is 0.467. The standard InChI is InChI=1S/C17H21N3O2/c1-2-4-14(3-1)17-18-16(19-22-17)13-5-7-15(8-6-13)20-9-11-21-12-10-20/h5-8,14H,1-4,9-12H2. The summed E-state index contributed by atoms with van der Waals surface area (Å²) in [7, 11) is 0. The Hall–Kier alpha value is -1.88. The summed E-state index contributed by atoms with van der Waals surface area (Å²) in [6.07, 6.45) is 4.91. The van der Waals surface area contributed by atoms with Crippen LogP contribution in [0.4, 0.5) is 5.69 Å². The third-order valence-electron chi connectivity index (χ3n) is 4.65. The zero-order chi connectivity index (χ0) is 14.8. The molecule has 0 amide bonds. The fraction of sp³-hybridized carbons (Fsp3) is 0.529. The molecule has 2 heterocycles. The van der Waals surface area contributed by atoms with E-state index in [1.54, 1.807) is 0 Å². The Morgan fingerprint density at radius 3 is 2.45 bits per heavy atom. The van der Waals surface area contributed by atoms with E-state index in [1.807, 2.05) is 0 Å². The molecule has 0 atom stereocenters. The molecule has 2 fully saturated rings. The lowest BCUT2D eigenvalue weighted by atomic mass is 10.1. The van der Waals surface area contributed by atoms with Crippen molar-refractivity contribution in [3.05, 3.63) is 30.2 Å². The van der Waals surface area contributed by atoms with Crippen LogP contribution < -0.4 is 4.90 Å². The van der Waals surface area contributed by atoms with Crippen molar-refractivity contribution in [2.75, 3.05) is 31.2 Å². The highest BCUT2D eigenvalue weighted by Gasteiger charge is 2.23. The summed E-state index contributed by atoms with van der Waals surface area (Å²) >= 11 is 0. The monoisotopic (exact) mass is 299 g/mol. The Balaban J connectivity index is 1.50. The summed E-state index contributed by atoms with van der Waals surface area (Å²) in [5, 5.41) is 4.15. The molecule has 116 valence electrons. The van der Waals surface area contributed by atoms with Gasteiger partial charge in [0.15, 0.2) is 0 Å². The second kappa shape index (κ2) is 6.08. The second-order valence-corrected chi connectivity index (χ2v) is 6.08. The molecule has 4 rings (SSSR count). The maximum Gasteiger partial charge on any atom is 0.230 e. The van der Waals surface area contributed by atoms with E-state index in [1.165, 1.54) is 31.4 Å². The molecule has 1 saturated heterocycles. The molecule has 1 aliphatic heterocycles. The Kier molecular flexibility index (Phi) is 3.81. The third-order valence-corrected chi connectivity index (χ3v) is 4.65. The Labute approximate surface area is 130 Å². The lowest BCUT2D eigenvalue weighted by molar-refractivity contribution is 0.122. The Bertz CT molecular complexity index is 611. The van der Waals surface area contributed by atoms with Crippen molar-refractivity contribution in [1.82, 2.24) is 10.1 Å². The summed E-state index contributed by atoms with van der Waals surface area (Å²) in [5.74, 6) is 1.98. The van der Waals surface area contributed by atoms with Crippen molar-refractivity contribution in [3.63, 3.8) is 0 Å². The van der Waals surface area contributed by atoms with E-state index in [0.29, 0.717) is 11.7 Å². The van der Waals surface area contributed by atoms with Crippen LogP contribution in [0.2, 0.25) is 0 Å². The molecule has 22 heavy (non-hydrogen) atoms. The zero-order valence-electron chi connectivity index (χ0n) is 12.7. The summed E-state index contributed by atoms with van der Waals surface area (Å²) in [5.41, 5.74) is 2.25. The van der Waals surface area contributed by atoms with Crippen LogP contribution in [0.5, 0.6) is 0 Å². The molecular weight excluding hydrogens is 278 g/mol. The average molecular weight is 299 g/mol. The van der Waals surface area contributed by atoms with E-state index in [9.17, 15) is 0 Å². The van der Waals surface area contributed by atoms with Crippen LogP contribution in [-0.2, 0) is 4.74 Å². The molecule has 2 aliphatic rings. The molecule has 0 bridgehead atoms. The lowest BCUT2D eigenvalue weighted by Gasteiger charge is -2.28. The zero-order valence-corrected chi connectivity index (χ0v) is 12.7. The van der Waals surface area contributed by atoms with Crippen molar-refractivity contribution in [2.24, 2.45) is 0 Å². The van der Waals surface area contributed by atoms with Gasteiger partial charge in [0.25, 0.3) is 0 Å². The molecule has 2 aromatic rings. The largest absolute Gasteiger partial charge is 0.378 e. The maximum atomic E-state index is 5.46. The molecule has 0 spiro atoms. The number of hydrogen-bond donors (Lipinski definition) is 0. The van der Waals surface area contributed by atoms with Gasteiger partial charge in [-0.15, -0.1) is 0 Å². The number of nitrogens with zero attached hydrogens (tertiary/aromatic N) is 3. The van der Waals surface area contributed by atoms with Crippen LogP contribution in [-0.4, -0.2) is 36.4 Å². The predicted octanol–water partition coefficient (Wildman–Crippen LogP) is 3.23. The fourth-order valence-corrected chi connectivity index (χ4v) is 3.33. The maximum absolute atomic E-state index is 5.46. The van der Waals surface area contributed by atoms with Gasteiger partial charge in [0.1, 0.15) is 0 Å². The first-order valence-corrected chi connectivity index (χ1v) is 8.17. The van der Waals surface area contributed by atoms with Gasteiger partial charge in [-0.3, -0.25) is 0 Å².